The van der Waals surface area contributed by atoms with Gasteiger partial charge in [-0.3, -0.25) is 4.79 Å². The summed E-state index contributed by atoms with van der Waals surface area (Å²) in [4.78, 5) is 12.0. The molecular formula is C8H15F3N2O. The molecule has 0 fully saturated rings. The van der Waals surface area contributed by atoms with Gasteiger partial charge in [0.25, 0.3) is 0 Å². The van der Waals surface area contributed by atoms with Gasteiger partial charge in [-0.2, -0.15) is 13.2 Å². The minimum absolute atomic E-state index is 0.0854. The third-order valence-electron chi connectivity index (χ3n) is 1.69. The minimum Gasteiger partial charge on any atom is -0.334 e. The molecule has 0 heterocycles. The van der Waals surface area contributed by atoms with Gasteiger partial charge in [0, 0.05) is 19.5 Å². The number of hydrogen-bond acceptors (Lipinski definition) is 2. The van der Waals surface area contributed by atoms with E-state index in [4.69, 9.17) is 0 Å². The van der Waals surface area contributed by atoms with E-state index in [2.05, 4.69) is 5.32 Å². The lowest BCUT2D eigenvalue weighted by Gasteiger charge is -2.22. The molecule has 0 rings (SSSR count). The molecule has 84 valence electrons. The smallest absolute Gasteiger partial charge is 0.334 e. The molecule has 1 amide bonds. The second-order valence-corrected chi connectivity index (χ2v) is 2.88. The van der Waals surface area contributed by atoms with Crippen LogP contribution >= 0.6 is 0 Å². The number of carbonyl (C=O) groups excluding carboxylic acids is 1. The van der Waals surface area contributed by atoms with Crippen molar-refractivity contribution < 1.29 is 18.0 Å². The molecule has 3 nitrogen and oxygen atoms in total. The Kier molecular flexibility index (Phi) is 5.52. The summed E-state index contributed by atoms with van der Waals surface area (Å²) in [5.74, 6) is -0.473. The van der Waals surface area contributed by atoms with Crippen molar-refractivity contribution in [2.24, 2.45) is 0 Å². The van der Waals surface area contributed by atoms with Crippen LogP contribution in [0.3, 0.4) is 0 Å². The molecule has 0 radical (unpaired) electrons. The molecule has 1 N–H and O–H groups in total. The van der Waals surface area contributed by atoms with E-state index in [1.165, 1.54) is 6.92 Å². The lowest BCUT2D eigenvalue weighted by molar-refractivity contribution is -0.160. The van der Waals surface area contributed by atoms with Crippen molar-refractivity contribution in [1.82, 2.24) is 10.2 Å². The van der Waals surface area contributed by atoms with Crippen molar-refractivity contribution in [3.63, 3.8) is 0 Å². The van der Waals surface area contributed by atoms with Gasteiger partial charge in [0.2, 0.25) is 5.91 Å². The van der Waals surface area contributed by atoms with Gasteiger partial charge >= 0.3 is 6.18 Å². The molecule has 14 heavy (non-hydrogen) atoms. The van der Waals surface area contributed by atoms with Crippen molar-refractivity contribution in [3.8, 4) is 0 Å². The summed E-state index contributed by atoms with van der Waals surface area (Å²) in [6, 6.07) is 0. The average Bonchev–Trinajstić information content (AvgIpc) is 2.08. The lowest BCUT2D eigenvalue weighted by Crippen LogP contribution is -2.39. The topological polar surface area (TPSA) is 32.3 Å². The Balaban J connectivity index is 4.06. The van der Waals surface area contributed by atoms with E-state index in [1.807, 2.05) is 0 Å². The van der Waals surface area contributed by atoms with Crippen molar-refractivity contribution >= 4 is 5.91 Å². The van der Waals surface area contributed by atoms with E-state index in [9.17, 15) is 18.0 Å². The highest BCUT2D eigenvalue weighted by molar-refractivity contribution is 5.76. The summed E-state index contributed by atoms with van der Waals surface area (Å²) in [6.45, 7) is 0.851. The maximum atomic E-state index is 12.0. The molecule has 0 bridgehead atoms. The van der Waals surface area contributed by atoms with Gasteiger partial charge in [-0.15, -0.1) is 0 Å². The van der Waals surface area contributed by atoms with Gasteiger partial charge in [0.1, 0.15) is 6.54 Å². The van der Waals surface area contributed by atoms with Gasteiger partial charge < -0.3 is 10.2 Å². The summed E-state index contributed by atoms with van der Waals surface area (Å²) in [5.41, 5.74) is 0. The number of hydrogen-bond donors (Lipinski definition) is 1. The molecule has 0 spiro atoms. The van der Waals surface area contributed by atoms with Crippen LogP contribution in [0.25, 0.3) is 0 Å². The van der Waals surface area contributed by atoms with Crippen molar-refractivity contribution in [2.75, 3.05) is 26.7 Å². The fourth-order valence-electron chi connectivity index (χ4n) is 0.983. The fourth-order valence-corrected chi connectivity index (χ4v) is 0.983. The summed E-state index contributed by atoms with van der Waals surface area (Å²) in [6.07, 6.45) is -4.22. The minimum atomic E-state index is -4.31. The summed E-state index contributed by atoms with van der Waals surface area (Å²) in [5, 5.41) is 2.71. The monoisotopic (exact) mass is 212 g/mol. The first kappa shape index (κ1) is 13.2. The lowest BCUT2D eigenvalue weighted by atomic mass is 10.3. The van der Waals surface area contributed by atoms with Crippen molar-refractivity contribution in [1.29, 1.82) is 0 Å². The zero-order chi connectivity index (χ0) is 11.2. The number of amides is 1. The van der Waals surface area contributed by atoms with Gasteiger partial charge in [0.15, 0.2) is 0 Å². The Morgan fingerprint density at radius 1 is 1.43 bits per heavy atom. The summed E-state index contributed by atoms with van der Waals surface area (Å²) in [7, 11) is 1.65. The maximum Gasteiger partial charge on any atom is 0.406 e. The Hall–Kier alpha value is -0.780. The van der Waals surface area contributed by atoms with E-state index < -0.39 is 18.6 Å². The Morgan fingerprint density at radius 2 is 2.00 bits per heavy atom. The van der Waals surface area contributed by atoms with Crippen LogP contribution in [0, 0.1) is 0 Å². The molecule has 0 unspecified atom stereocenters. The highest BCUT2D eigenvalue weighted by Crippen LogP contribution is 2.16. The van der Waals surface area contributed by atoms with Crippen molar-refractivity contribution in [3.05, 3.63) is 0 Å². The average molecular weight is 212 g/mol. The first-order chi connectivity index (χ1) is 6.40. The van der Waals surface area contributed by atoms with E-state index in [0.717, 1.165) is 4.90 Å². The van der Waals surface area contributed by atoms with Gasteiger partial charge in [-0.05, 0) is 14.0 Å². The van der Waals surface area contributed by atoms with Gasteiger partial charge in [0.05, 0.1) is 0 Å². The normalized spacial score (nSPS) is 11.5. The van der Waals surface area contributed by atoms with E-state index in [1.54, 1.807) is 7.05 Å². The predicted molar refractivity (Wildman–Crippen MR) is 46.9 cm³/mol. The first-order valence-electron chi connectivity index (χ1n) is 4.39. The van der Waals surface area contributed by atoms with Crippen molar-refractivity contribution in [2.45, 2.75) is 19.5 Å². The van der Waals surface area contributed by atoms with E-state index in [0.29, 0.717) is 6.54 Å². The number of halogens is 3. The maximum absolute atomic E-state index is 12.0. The van der Waals surface area contributed by atoms with Crippen LogP contribution in [0.4, 0.5) is 13.2 Å². The Bertz CT molecular complexity index is 182. The number of nitrogens with zero attached hydrogens (tertiary/aromatic N) is 1. The standard InChI is InChI=1S/C8H15F3N2O/c1-3-13(6-8(9,10)11)7(14)4-5-12-2/h12H,3-6H2,1-2H3. The number of nitrogens with one attached hydrogen (secondary N) is 1. The molecule has 6 heteroatoms. The quantitative estimate of drug-likeness (QED) is 0.737. The second kappa shape index (κ2) is 5.85. The fraction of sp³-hybridized carbons (Fsp3) is 0.875. The first-order valence-corrected chi connectivity index (χ1v) is 4.39. The van der Waals surface area contributed by atoms with E-state index >= 15 is 0 Å². The molecular weight excluding hydrogens is 197 g/mol. The highest BCUT2D eigenvalue weighted by Gasteiger charge is 2.31. The molecule has 0 saturated carbocycles. The van der Waals surface area contributed by atoms with Gasteiger partial charge in [-0.1, -0.05) is 0 Å². The Labute approximate surface area is 81.3 Å². The summed E-state index contributed by atoms with van der Waals surface area (Å²) >= 11 is 0. The zero-order valence-electron chi connectivity index (χ0n) is 8.32. The predicted octanol–water partition coefficient (Wildman–Crippen LogP) is 1.01. The Morgan fingerprint density at radius 3 is 2.36 bits per heavy atom. The molecule has 0 aromatic heterocycles. The van der Waals surface area contributed by atoms with E-state index in [-0.39, 0.29) is 13.0 Å². The molecule has 0 atom stereocenters. The largest absolute Gasteiger partial charge is 0.406 e. The van der Waals surface area contributed by atoms with Crippen LogP contribution < -0.4 is 5.32 Å². The molecule has 0 aliphatic rings. The van der Waals surface area contributed by atoms with Crippen LogP contribution in [0.15, 0.2) is 0 Å². The van der Waals surface area contributed by atoms with Crippen LogP contribution in [0.5, 0.6) is 0 Å². The van der Waals surface area contributed by atoms with Crippen LogP contribution in [0.1, 0.15) is 13.3 Å². The SMILES string of the molecule is CCN(CC(F)(F)F)C(=O)CCNC. The van der Waals surface area contributed by atoms with Crippen LogP contribution in [-0.4, -0.2) is 43.7 Å². The van der Waals surface area contributed by atoms with Gasteiger partial charge in [-0.25, -0.2) is 0 Å². The molecule has 0 saturated heterocycles. The van der Waals surface area contributed by atoms with Crippen LogP contribution in [0.2, 0.25) is 0 Å². The molecule has 0 aromatic carbocycles. The molecule has 0 aromatic rings. The third kappa shape index (κ3) is 5.80. The summed E-state index contributed by atoms with van der Waals surface area (Å²) < 4.78 is 35.9. The number of alkyl halides is 3. The number of carbonyl (C=O) groups is 1. The van der Waals surface area contributed by atoms with Crippen LogP contribution in [-0.2, 0) is 4.79 Å². The third-order valence-corrected chi connectivity index (χ3v) is 1.69. The number of rotatable bonds is 5. The zero-order valence-corrected chi connectivity index (χ0v) is 8.32. The highest BCUT2D eigenvalue weighted by atomic mass is 19.4. The molecule has 0 aliphatic heterocycles. The molecule has 0 aliphatic carbocycles. The second-order valence-electron chi connectivity index (χ2n) is 2.88.